The number of hydrogen-bond acceptors (Lipinski definition) is 5. The van der Waals surface area contributed by atoms with Crippen molar-refractivity contribution in [1.82, 2.24) is 14.9 Å². The lowest BCUT2D eigenvalue weighted by Crippen LogP contribution is -2.29. The van der Waals surface area contributed by atoms with Gasteiger partial charge in [-0.2, -0.15) is 4.98 Å². The SMILES string of the molecule is CN1CCCC1CCNc1nc(N2CCCCCCC2)c2ccccc2n1. The zero-order chi connectivity index (χ0) is 18.5. The molecule has 1 N–H and O–H groups in total. The lowest BCUT2D eigenvalue weighted by atomic mass is 10.1. The van der Waals surface area contributed by atoms with Crippen LogP contribution in [0.5, 0.6) is 0 Å². The van der Waals surface area contributed by atoms with Crippen LogP contribution in [0.3, 0.4) is 0 Å². The Balaban J connectivity index is 1.52. The van der Waals surface area contributed by atoms with Gasteiger partial charge in [-0.3, -0.25) is 0 Å². The molecule has 27 heavy (non-hydrogen) atoms. The maximum atomic E-state index is 4.97. The van der Waals surface area contributed by atoms with Crippen molar-refractivity contribution in [3.05, 3.63) is 24.3 Å². The van der Waals surface area contributed by atoms with E-state index in [1.165, 1.54) is 56.9 Å². The van der Waals surface area contributed by atoms with Gasteiger partial charge in [-0.1, -0.05) is 31.4 Å². The third-order valence-corrected chi connectivity index (χ3v) is 6.17. The monoisotopic (exact) mass is 367 g/mol. The van der Waals surface area contributed by atoms with Crippen molar-refractivity contribution in [3.63, 3.8) is 0 Å². The van der Waals surface area contributed by atoms with Crippen LogP contribution < -0.4 is 10.2 Å². The van der Waals surface area contributed by atoms with E-state index in [4.69, 9.17) is 9.97 Å². The highest BCUT2D eigenvalue weighted by atomic mass is 15.2. The fourth-order valence-corrected chi connectivity index (χ4v) is 4.53. The molecule has 0 aliphatic carbocycles. The zero-order valence-corrected chi connectivity index (χ0v) is 16.7. The van der Waals surface area contributed by atoms with Gasteiger partial charge in [0, 0.05) is 31.1 Å². The first kappa shape index (κ1) is 18.5. The van der Waals surface area contributed by atoms with E-state index in [1.807, 2.05) is 0 Å². The Morgan fingerprint density at radius 3 is 2.52 bits per heavy atom. The highest BCUT2D eigenvalue weighted by molar-refractivity contribution is 5.90. The van der Waals surface area contributed by atoms with Crippen molar-refractivity contribution in [3.8, 4) is 0 Å². The molecule has 2 aromatic rings. The number of likely N-dealkylation sites (tertiary alicyclic amines) is 1. The van der Waals surface area contributed by atoms with Crippen LogP contribution in [0.2, 0.25) is 0 Å². The molecule has 146 valence electrons. The maximum Gasteiger partial charge on any atom is 0.225 e. The summed E-state index contributed by atoms with van der Waals surface area (Å²) < 4.78 is 0. The second-order valence-electron chi connectivity index (χ2n) is 8.13. The molecule has 1 unspecified atom stereocenters. The van der Waals surface area contributed by atoms with Crippen LogP contribution in [-0.2, 0) is 0 Å². The van der Waals surface area contributed by atoms with E-state index >= 15 is 0 Å². The number of hydrogen-bond donors (Lipinski definition) is 1. The predicted octanol–water partition coefficient (Wildman–Crippen LogP) is 4.30. The summed E-state index contributed by atoms with van der Waals surface area (Å²) in [6.45, 7) is 4.38. The van der Waals surface area contributed by atoms with Gasteiger partial charge >= 0.3 is 0 Å². The summed E-state index contributed by atoms with van der Waals surface area (Å²) in [4.78, 5) is 14.7. The highest BCUT2D eigenvalue weighted by Crippen LogP contribution is 2.27. The predicted molar refractivity (Wildman–Crippen MR) is 114 cm³/mol. The van der Waals surface area contributed by atoms with Gasteiger partial charge in [-0.05, 0) is 57.8 Å². The first-order valence-corrected chi connectivity index (χ1v) is 10.8. The van der Waals surface area contributed by atoms with Crippen LogP contribution in [0.25, 0.3) is 10.9 Å². The summed E-state index contributed by atoms with van der Waals surface area (Å²) in [5.41, 5.74) is 1.05. The molecule has 2 aliphatic rings. The van der Waals surface area contributed by atoms with Gasteiger partial charge < -0.3 is 15.1 Å². The van der Waals surface area contributed by atoms with Crippen LogP contribution in [0.1, 0.15) is 51.4 Å². The summed E-state index contributed by atoms with van der Waals surface area (Å²) in [7, 11) is 2.24. The molecule has 1 atom stereocenters. The number of rotatable bonds is 5. The van der Waals surface area contributed by atoms with E-state index < -0.39 is 0 Å². The fourth-order valence-electron chi connectivity index (χ4n) is 4.53. The molecular formula is C22H33N5. The molecule has 0 bridgehead atoms. The van der Waals surface area contributed by atoms with Crippen molar-refractivity contribution in [2.45, 2.75) is 57.4 Å². The molecule has 5 heteroatoms. The molecule has 5 nitrogen and oxygen atoms in total. The second kappa shape index (κ2) is 8.87. The Hall–Kier alpha value is -1.88. The standard InChI is InChI=1S/C22H33N5/c1-26-15-9-10-18(26)13-14-23-22-24-20-12-6-5-11-19(20)21(25-22)27-16-7-3-2-4-8-17-27/h5-6,11-12,18H,2-4,7-10,13-17H2,1H3,(H,23,24,25). The number of fused-ring (bicyclic) bond motifs is 1. The number of para-hydroxylation sites is 1. The zero-order valence-electron chi connectivity index (χ0n) is 16.7. The molecule has 0 amide bonds. The van der Waals surface area contributed by atoms with Gasteiger partial charge in [0.1, 0.15) is 5.82 Å². The minimum atomic E-state index is 0.701. The normalized spacial score (nSPS) is 22.0. The minimum Gasteiger partial charge on any atom is -0.356 e. The number of nitrogens with zero attached hydrogens (tertiary/aromatic N) is 4. The van der Waals surface area contributed by atoms with Gasteiger partial charge in [0.2, 0.25) is 5.95 Å². The smallest absolute Gasteiger partial charge is 0.225 e. The summed E-state index contributed by atoms with van der Waals surface area (Å²) in [5.74, 6) is 1.90. The Morgan fingerprint density at radius 1 is 0.963 bits per heavy atom. The van der Waals surface area contributed by atoms with Gasteiger partial charge in [0.15, 0.2) is 0 Å². The Kier molecular flexibility index (Phi) is 6.07. The molecule has 1 aromatic heterocycles. The number of benzene rings is 1. The highest BCUT2D eigenvalue weighted by Gasteiger charge is 2.20. The largest absolute Gasteiger partial charge is 0.356 e. The topological polar surface area (TPSA) is 44.3 Å². The van der Waals surface area contributed by atoms with Crippen molar-refractivity contribution in [2.24, 2.45) is 0 Å². The Morgan fingerprint density at radius 2 is 1.74 bits per heavy atom. The summed E-state index contributed by atoms with van der Waals surface area (Å²) in [6.07, 6.45) is 10.4. The molecule has 0 spiro atoms. The number of nitrogens with one attached hydrogen (secondary N) is 1. The minimum absolute atomic E-state index is 0.701. The van der Waals surface area contributed by atoms with Crippen LogP contribution in [0.15, 0.2) is 24.3 Å². The molecule has 2 fully saturated rings. The first-order chi connectivity index (χ1) is 13.3. The van der Waals surface area contributed by atoms with E-state index in [9.17, 15) is 0 Å². The quantitative estimate of drug-likeness (QED) is 0.854. The van der Waals surface area contributed by atoms with E-state index in [2.05, 4.69) is 46.4 Å². The Labute approximate surface area is 163 Å². The van der Waals surface area contributed by atoms with Crippen molar-refractivity contribution < 1.29 is 0 Å². The van der Waals surface area contributed by atoms with Crippen LogP contribution in [0, 0.1) is 0 Å². The average molecular weight is 368 g/mol. The van der Waals surface area contributed by atoms with Crippen LogP contribution in [-0.4, -0.2) is 54.1 Å². The average Bonchev–Trinajstić information content (AvgIpc) is 3.06. The molecule has 2 aliphatic heterocycles. The van der Waals surface area contributed by atoms with Crippen molar-refractivity contribution >= 4 is 22.7 Å². The Bertz CT molecular complexity index is 739. The van der Waals surface area contributed by atoms with E-state index in [0.717, 1.165) is 43.3 Å². The van der Waals surface area contributed by atoms with Gasteiger partial charge in [0.05, 0.1) is 5.52 Å². The summed E-state index contributed by atoms with van der Waals surface area (Å²) >= 11 is 0. The van der Waals surface area contributed by atoms with Crippen molar-refractivity contribution in [2.75, 3.05) is 43.4 Å². The van der Waals surface area contributed by atoms with Crippen molar-refractivity contribution in [1.29, 1.82) is 0 Å². The molecular weight excluding hydrogens is 334 g/mol. The van der Waals surface area contributed by atoms with Gasteiger partial charge in [-0.25, -0.2) is 4.98 Å². The lowest BCUT2D eigenvalue weighted by Gasteiger charge is -2.27. The second-order valence-corrected chi connectivity index (χ2v) is 8.13. The molecule has 0 saturated carbocycles. The molecule has 0 radical (unpaired) electrons. The van der Waals surface area contributed by atoms with E-state index in [0.29, 0.717) is 6.04 Å². The molecule has 2 saturated heterocycles. The summed E-state index contributed by atoms with van der Waals surface area (Å²) in [6, 6.07) is 9.15. The molecule has 4 rings (SSSR count). The third-order valence-electron chi connectivity index (χ3n) is 6.17. The van der Waals surface area contributed by atoms with E-state index in [-0.39, 0.29) is 0 Å². The van der Waals surface area contributed by atoms with E-state index in [1.54, 1.807) is 0 Å². The molecule has 1 aromatic carbocycles. The molecule has 3 heterocycles. The lowest BCUT2D eigenvalue weighted by molar-refractivity contribution is 0.301. The van der Waals surface area contributed by atoms with Gasteiger partial charge in [-0.15, -0.1) is 0 Å². The maximum absolute atomic E-state index is 4.97. The van der Waals surface area contributed by atoms with Crippen LogP contribution >= 0.6 is 0 Å². The number of anilines is 2. The third kappa shape index (κ3) is 4.52. The van der Waals surface area contributed by atoms with Crippen LogP contribution in [0.4, 0.5) is 11.8 Å². The van der Waals surface area contributed by atoms with Gasteiger partial charge in [0.25, 0.3) is 0 Å². The first-order valence-electron chi connectivity index (χ1n) is 10.8. The summed E-state index contributed by atoms with van der Waals surface area (Å²) in [5, 5.41) is 4.70. The fraction of sp³-hybridized carbons (Fsp3) is 0.636. The number of aromatic nitrogens is 2.